The minimum atomic E-state index is 0.181. The molecule has 0 aliphatic carbocycles. The summed E-state index contributed by atoms with van der Waals surface area (Å²) in [7, 11) is 0. The van der Waals surface area contributed by atoms with Crippen LogP contribution in [0.5, 0.6) is 11.5 Å². The molecule has 2 rings (SSSR count). The maximum absolute atomic E-state index is 10.4. The highest BCUT2D eigenvalue weighted by molar-refractivity contribution is 9.09. The number of phenolic OH excluding ortho intramolecular Hbond substituents is 1. The van der Waals surface area contributed by atoms with Crippen molar-refractivity contribution >= 4 is 28.5 Å². The van der Waals surface area contributed by atoms with Gasteiger partial charge in [-0.25, -0.2) is 0 Å². The first kappa shape index (κ1) is 20.9. The monoisotopic (exact) mass is 406 g/mol. The number of halogens is 1. The lowest BCUT2D eigenvalue weighted by Gasteiger charge is -2.05. The molecule has 0 heterocycles. The first-order chi connectivity index (χ1) is 12.2. The number of rotatable bonds is 9. The number of unbranched alkanes of at least 4 members (excludes halogenated alkanes) is 3. The molecule has 0 amide bonds. The van der Waals surface area contributed by atoms with Crippen LogP contribution in [0.3, 0.4) is 0 Å². The lowest BCUT2D eigenvalue weighted by molar-refractivity contribution is 0.111. The first-order valence-electron chi connectivity index (χ1n) is 8.18. The van der Waals surface area contributed by atoms with Crippen molar-refractivity contribution in [1.29, 1.82) is 0 Å². The second-order valence-corrected chi connectivity index (χ2v) is 6.14. The summed E-state index contributed by atoms with van der Waals surface area (Å²) in [4.78, 5) is 20.5. The molecule has 4 nitrogen and oxygen atoms in total. The van der Waals surface area contributed by atoms with E-state index in [9.17, 15) is 9.59 Å². The fourth-order valence-electron chi connectivity index (χ4n) is 1.94. The Labute approximate surface area is 157 Å². The molecule has 2 aromatic carbocycles. The van der Waals surface area contributed by atoms with Gasteiger partial charge in [-0.05, 0) is 61.4 Å². The van der Waals surface area contributed by atoms with E-state index in [4.69, 9.17) is 9.84 Å². The van der Waals surface area contributed by atoms with E-state index in [1.165, 1.54) is 31.4 Å². The van der Waals surface area contributed by atoms with Crippen LogP contribution in [0.4, 0.5) is 0 Å². The normalized spacial score (nSPS) is 9.64. The number of hydrogen-bond acceptors (Lipinski definition) is 4. The molecule has 0 bridgehead atoms. The maximum Gasteiger partial charge on any atom is 0.150 e. The minimum absolute atomic E-state index is 0.181. The molecule has 134 valence electrons. The topological polar surface area (TPSA) is 63.6 Å². The molecule has 0 fully saturated rings. The maximum atomic E-state index is 10.4. The third kappa shape index (κ3) is 9.67. The number of alkyl halides is 1. The van der Waals surface area contributed by atoms with Crippen LogP contribution >= 0.6 is 15.9 Å². The lowest BCUT2D eigenvalue weighted by atomic mass is 10.2. The summed E-state index contributed by atoms with van der Waals surface area (Å²) in [6.45, 7) is 0.753. The molecule has 0 spiro atoms. The summed E-state index contributed by atoms with van der Waals surface area (Å²) in [6.07, 6.45) is 6.34. The standard InChI is InChI=1S/C13H17BrO2.C7H6O2/c14-9-3-1-2-4-10-16-13-7-5-12(11-15)6-8-13;8-5-6-1-3-7(9)4-2-6/h5-8,11H,1-4,9-10H2;1-5,9H. The third-order valence-electron chi connectivity index (χ3n) is 3.34. The largest absolute Gasteiger partial charge is 0.508 e. The Morgan fingerprint density at radius 1 is 0.800 bits per heavy atom. The van der Waals surface area contributed by atoms with Gasteiger partial charge in [-0.1, -0.05) is 28.8 Å². The third-order valence-corrected chi connectivity index (χ3v) is 3.90. The van der Waals surface area contributed by atoms with Gasteiger partial charge in [0.05, 0.1) is 6.61 Å². The van der Waals surface area contributed by atoms with Gasteiger partial charge in [0.1, 0.15) is 24.1 Å². The van der Waals surface area contributed by atoms with Crippen LogP contribution in [0.15, 0.2) is 48.5 Å². The Kier molecular flexibility index (Phi) is 11.0. The van der Waals surface area contributed by atoms with E-state index >= 15 is 0 Å². The Hall–Kier alpha value is -2.14. The quantitative estimate of drug-likeness (QED) is 0.360. The van der Waals surface area contributed by atoms with E-state index in [0.717, 1.165) is 36.7 Å². The van der Waals surface area contributed by atoms with Gasteiger partial charge < -0.3 is 9.84 Å². The smallest absolute Gasteiger partial charge is 0.150 e. The van der Waals surface area contributed by atoms with Gasteiger partial charge in [0.25, 0.3) is 0 Å². The van der Waals surface area contributed by atoms with Crippen molar-refractivity contribution in [2.45, 2.75) is 25.7 Å². The molecule has 0 atom stereocenters. The summed E-state index contributed by atoms with van der Waals surface area (Å²) in [5.74, 6) is 1.02. The Bertz CT molecular complexity index is 609. The van der Waals surface area contributed by atoms with Gasteiger partial charge in [0.15, 0.2) is 0 Å². The van der Waals surface area contributed by atoms with Gasteiger partial charge in [-0.2, -0.15) is 0 Å². The molecule has 0 radical (unpaired) electrons. The minimum Gasteiger partial charge on any atom is -0.508 e. The Balaban J connectivity index is 0.000000293. The summed E-state index contributed by atoms with van der Waals surface area (Å²) < 4.78 is 5.56. The van der Waals surface area contributed by atoms with Crippen molar-refractivity contribution in [3.05, 3.63) is 59.7 Å². The average Bonchev–Trinajstić information content (AvgIpc) is 2.66. The number of phenols is 1. The van der Waals surface area contributed by atoms with E-state index in [1.54, 1.807) is 24.3 Å². The highest BCUT2D eigenvalue weighted by atomic mass is 79.9. The van der Waals surface area contributed by atoms with E-state index in [1.807, 2.05) is 12.1 Å². The number of benzene rings is 2. The number of hydrogen-bond donors (Lipinski definition) is 1. The molecule has 0 saturated heterocycles. The van der Waals surface area contributed by atoms with Crippen LogP contribution in [0.25, 0.3) is 0 Å². The molecule has 25 heavy (non-hydrogen) atoms. The van der Waals surface area contributed by atoms with Crippen molar-refractivity contribution in [3.8, 4) is 11.5 Å². The molecule has 5 heteroatoms. The molecule has 0 aliphatic heterocycles. The van der Waals surface area contributed by atoms with Crippen LogP contribution in [0, 0.1) is 0 Å². The predicted octanol–water partition coefficient (Wildman–Crippen LogP) is 5.04. The van der Waals surface area contributed by atoms with Crippen LogP contribution in [0.1, 0.15) is 46.4 Å². The van der Waals surface area contributed by atoms with Crippen molar-refractivity contribution < 1.29 is 19.4 Å². The van der Waals surface area contributed by atoms with Crippen LogP contribution in [-0.2, 0) is 0 Å². The highest BCUT2D eigenvalue weighted by Gasteiger charge is 1.95. The first-order valence-corrected chi connectivity index (χ1v) is 9.30. The second kappa shape index (κ2) is 13.2. The molecular weight excluding hydrogens is 384 g/mol. The molecule has 0 saturated carbocycles. The highest BCUT2D eigenvalue weighted by Crippen LogP contribution is 2.12. The Morgan fingerprint density at radius 2 is 1.32 bits per heavy atom. The number of aromatic hydroxyl groups is 1. The molecule has 0 aliphatic rings. The summed E-state index contributed by atoms with van der Waals surface area (Å²) in [5.41, 5.74) is 1.26. The zero-order chi connectivity index (χ0) is 18.3. The fourth-order valence-corrected chi connectivity index (χ4v) is 2.33. The SMILES string of the molecule is O=Cc1ccc(O)cc1.O=Cc1ccc(OCCCCCCBr)cc1. The van der Waals surface area contributed by atoms with Gasteiger partial charge in [-0.15, -0.1) is 0 Å². The number of ether oxygens (including phenoxy) is 1. The Morgan fingerprint density at radius 3 is 1.84 bits per heavy atom. The molecule has 2 aromatic rings. The van der Waals surface area contributed by atoms with E-state index in [2.05, 4.69) is 15.9 Å². The van der Waals surface area contributed by atoms with E-state index in [0.29, 0.717) is 11.1 Å². The second-order valence-electron chi connectivity index (χ2n) is 5.35. The number of aldehydes is 2. The van der Waals surface area contributed by atoms with Gasteiger partial charge in [0, 0.05) is 16.5 Å². The van der Waals surface area contributed by atoms with Crippen molar-refractivity contribution in [2.75, 3.05) is 11.9 Å². The van der Waals surface area contributed by atoms with Gasteiger partial charge >= 0.3 is 0 Å². The number of carbonyl (C=O) groups is 2. The van der Waals surface area contributed by atoms with Crippen molar-refractivity contribution in [1.82, 2.24) is 0 Å². The van der Waals surface area contributed by atoms with Crippen LogP contribution in [0.2, 0.25) is 0 Å². The van der Waals surface area contributed by atoms with Crippen LogP contribution in [-0.4, -0.2) is 29.6 Å². The number of carbonyl (C=O) groups excluding carboxylic acids is 2. The van der Waals surface area contributed by atoms with E-state index < -0.39 is 0 Å². The fraction of sp³-hybridized carbons (Fsp3) is 0.300. The van der Waals surface area contributed by atoms with Gasteiger partial charge in [0.2, 0.25) is 0 Å². The van der Waals surface area contributed by atoms with Gasteiger partial charge in [-0.3, -0.25) is 9.59 Å². The summed E-state index contributed by atoms with van der Waals surface area (Å²) in [6, 6.07) is 13.3. The average molecular weight is 407 g/mol. The van der Waals surface area contributed by atoms with Crippen LogP contribution < -0.4 is 4.74 Å². The molecule has 0 unspecified atom stereocenters. The van der Waals surface area contributed by atoms with E-state index in [-0.39, 0.29) is 5.75 Å². The van der Waals surface area contributed by atoms with Crippen molar-refractivity contribution in [2.24, 2.45) is 0 Å². The molecule has 1 N–H and O–H groups in total. The zero-order valence-corrected chi connectivity index (χ0v) is 15.7. The summed E-state index contributed by atoms with van der Waals surface area (Å²) >= 11 is 3.41. The van der Waals surface area contributed by atoms with Crippen molar-refractivity contribution in [3.63, 3.8) is 0 Å². The molecule has 0 aromatic heterocycles. The zero-order valence-electron chi connectivity index (χ0n) is 14.1. The lowest BCUT2D eigenvalue weighted by Crippen LogP contribution is -1.97. The summed E-state index contributed by atoms with van der Waals surface area (Å²) in [5, 5.41) is 9.82. The molecular formula is C20H23BrO4. The predicted molar refractivity (Wildman–Crippen MR) is 103 cm³/mol.